The van der Waals surface area contributed by atoms with Crippen molar-refractivity contribution in [2.24, 2.45) is 5.92 Å². The predicted octanol–water partition coefficient (Wildman–Crippen LogP) is 4.06. The SMILES string of the molecule is O[C@@H](c1cccc(Br)c1)C1CCCCC1. The molecule has 0 aliphatic heterocycles. The lowest BCUT2D eigenvalue weighted by molar-refractivity contribution is 0.0848. The van der Waals surface area contributed by atoms with Crippen LogP contribution in [0.5, 0.6) is 0 Å². The van der Waals surface area contributed by atoms with Gasteiger partial charge in [0.2, 0.25) is 0 Å². The first-order valence-corrected chi connectivity index (χ1v) is 6.50. The summed E-state index contributed by atoms with van der Waals surface area (Å²) in [6.45, 7) is 0. The Morgan fingerprint density at radius 3 is 2.60 bits per heavy atom. The van der Waals surface area contributed by atoms with E-state index in [-0.39, 0.29) is 6.10 Å². The topological polar surface area (TPSA) is 20.2 Å². The van der Waals surface area contributed by atoms with Gasteiger partial charge < -0.3 is 5.11 Å². The number of aliphatic hydroxyl groups excluding tert-OH is 1. The summed E-state index contributed by atoms with van der Waals surface area (Å²) in [5.41, 5.74) is 1.05. The molecule has 2 heteroatoms. The summed E-state index contributed by atoms with van der Waals surface area (Å²) in [4.78, 5) is 0. The monoisotopic (exact) mass is 268 g/mol. The molecule has 1 aliphatic rings. The first-order chi connectivity index (χ1) is 7.27. The van der Waals surface area contributed by atoms with Gasteiger partial charge in [-0.2, -0.15) is 0 Å². The summed E-state index contributed by atoms with van der Waals surface area (Å²) in [7, 11) is 0. The quantitative estimate of drug-likeness (QED) is 0.858. The van der Waals surface area contributed by atoms with E-state index >= 15 is 0 Å². The van der Waals surface area contributed by atoms with Gasteiger partial charge in [0.15, 0.2) is 0 Å². The van der Waals surface area contributed by atoms with E-state index < -0.39 is 0 Å². The third-order valence-corrected chi connectivity index (χ3v) is 3.78. The second kappa shape index (κ2) is 5.13. The van der Waals surface area contributed by atoms with Crippen LogP contribution in [0.25, 0.3) is 0 Å². The van der Waals surface area contributed by atoms with Crippen LogP contribution in [0, 0.1) is 5.92 Å². The van der Waals surface area contributed by atoms with Crippen LogP contribution in [0.2, 0.25) is 0 Å². The maximum absolute atomic E-state index is 10.2. The minimum Gasteiger partial charge on any atom is -0.388 e. The summed E-state index contributed by atoms with van der Waals surface area (Å²) in [5, 5.41) is 10.2. The van der Waals surface area contributed by atoms with E-state index in [1.165, 1.54) is 32.1 Å². The summed E-state index contributed by atoms with van der Waals surface area (Å²) >= 11 is 3.44. The van der Waals surface area contributed by atoms with Gasteiger partial charge in [0.05, 0.1) is 6.10 Å². The highest BCUT2D eigenvalue weighted by Gasteiger charge is 2.22. The van der Waals surface area contributed by atoms with Gasteiger partial charge in [-0.05, 0) is 36.5 Å². The molecule has 0 saturated heterocycles. The second-order valence-electron chi connectivity index (χ2n) is 4.40. The molecule has 0 spiro atoms. The first-order valence-electron chi connectivity index (χ1n) is 5.71. The minimum atomic E-state index is -0.275. The molecule has 15 heavy (non-hydrogen) atoms. The molecular weight excluding hydrogens is 252 g/mol. The molecule has 0 aromatic heterocycles. The Hall–Kier alpha value is -0.340. The van der Waals surface area contributed by atoms with Crippen molar-refractivity contribution >= 4 is 15.9 Å². The number of halogens is 1. The minimum absolute atomic E-state index is 0.275. The first kappa shape index (κ1) is 11.2. The van der Waals surface area contributed by atoms with E-state index in [4.69, 9.17) is 0 Å². The average Bonchev–Trinajstić information content (AvgIpc) is 2.29. The Bertz CT molecular complexity index is 318. The zero-order valence-corrected chi connectivity index (χ0v) is 10.4. The van der Waals surface area contributed by atoms with Gasteiger partial charge in [0.1, 0.15) is 0 Å². The molecule has 1 saturated carbocycles. The molecule has 1 aromatic carbocycles. The lowest BCUT2D eigenvalue weighted by atomic mass is 9.83. The van der Waals surface area contributed by atoms with E-state index in [1.807, 2.05) is 24.3 Å². The highest BCUT2D eigenvalue weighted by Crippen LogP contribution is 2.34. The summed E-state index contributed by atoms with van der Waals surface area (Å²) in [5.74, 6) is 0.466. The molecule has 82 valence electrons. The lowest BCUT2D eigenvalue weighted by Crippen LogP contribution is -2.15. The highest BCUT2D eigenvalue weighted by molar-refractivity contribution is 9.10. The van der Waals surface area contributed by atoms with Crippen LogP contribution in [-0.2, 0) is 0 Å². The van der Waals surface area contributed by atoms with Crippen LogP contribution in [0.3, 0.4) is 0 Å². The highest BCUT2D eigenvalue weighted by atomic mass is 79.9. The van der Waals surface area contributed by atoms with Crippen molar-refractivity contribution in [3.63, 3.8) is 0 Å². The van der Waals surface area contributed by atoms with Crippen LogP contribution in [0.1, 0.15) is 43.8 Å². The van der Waals surface area contributed by atoms with Crippen LogP contribution in [-0.4, -0.2) is 5.11 Å². The average molecular weight is 269 g/mol. The summed E-state index contributed by atoms with van der Waals surface area (Å²) < 4.78 is 1.05. The maximum Gasteiger partial charge on any atom is 0.0818 e. The van der Waals surface area contributed by atoms with E-state index in [2.05, 4.69) is 15.9 Å². The Morgan fingerprint density at radius 2 is 1.93 bits per heavy atom. The molecule has 1 aliphatic carbocycles. The van der Waals surface area contributed by atoms with Gasteiger partial charge in [0, 0.05) is 4.47 Å². The van der Waals surface area contributed by atoms with Gasteiger partial charge in [-0.25, -0.2) is 0 Å². The molecule has 1 N–H and O–H groups in total. The predicted molar refractivity (Wildman–Crippen MR) is 65.7 cm³/mol. The fraction of sp³-hybridized carbons (Fsp3) is 0.538. The van der Waals surface area contributed by atoms with Crippen LogP contribution >= 0.6 is 15.9 Å². The maximum atomic E-state index is 10.2. The number of benzene rings is 1. The van der Waals surface area contributed by atoms with Crippen molar-refractivity contribution in [3.05, 3.63) is 34.3 Å². The third-order valence-electron chi connectivity index (χ3n) is 3.29. The second-order valence-corrected chi connectivity index (χ2v) is 5.31. The van der Waals surface area contributed by atoms with Crippen molar-refractivity contribution in [1.29, 1.82) is 0 Å². The van der Waals surface area contributed by atoms with Gasteiger partial charge >= 0.3 is 0 Å². The number of rotatable bonds is 2. The van der Waals surface area contributed by atoms with E-state index in [0.29, 0.717) is 5.92 Å². The van der Waals surface area contributed by atoms with Gasteiger partial charge in [-0.15, -0.1) is 0 Å². The number of aliphatic hydroxyl groups is 1. The normalized spacial score (nSPS) is 20.1. The molecule has 0 amide bonds. The van der Waals surface area contributed by atoms with Gasteiger partial charge in [0.25, 0.3) is 0 Å². The fourth-order valence-corrected chi connectivity index (χ4v) is 2.83. The zero-order chi connectivity index (χ0) is 10.7. The molecule has 0 heterocycles. The fourth-order valence-electron chi connectivity index (χ4n) is 2.41. The summed E-state index contributed by atoms with van der Waals surface area (Å²) in [6, 6.07) is 8.03. The molecule has 2 rings (SSSR count). The van der Waals surface area contributed by atoms with Crippen molar-refractivity contribution in [1.82, 2.24) is 0 Å². The Morgan fingerprint density at radius 1 is 1.20 bits per heavy atom. The van der Waals surface area contributed by atoms with Crippen molar-refractivity contribution < 1.29 is 5.11 Å². The standard InChI is InChI=1S/C13H17BrO/c14-12-8-4-7-11(9-12)13(15)10-5-2-1-3-6-10/h4,7-10,13,15H,1-3,5-6H2/t13-/m1/s1. The number of hydrogen-bond acceptors (Lipinski definition) is 1. The third kappa shape index (κ3) is 2.82. The zero-order valence-electron chi connectivity index (χ0n) is 8.82. The van der Waals surface area contributed by atoms with Crippen LogP contribution in [0.4, 0.5) is 0 Å². The Balaban J connectivity index is 2.08. The van der Waals surface area contributed by atoms with Crippen LogP contribution in [0.15, 0.2) is 28.7 Å². The number of hydrogen-bond donors (Lipinski definition) is 1. The van der Waals surface area contributed by atoms with Gasteiger partial charge in [-0.3, -0.25) is 0 Å². The van der Waals surface area contributed by atoms with Gasteiger partial charge in [-0.1, -0.05) is 47.3 Å². The molecule has 1 nitrogen and oxygen atoms in total. The lowest BCUT2D eigenvalue weighted by Gasteiger charge is -2.26. The van der Waals surface area contributed by atoms with Crippen molar-refractivity contribution in [3.8, 4) is 0 Å². The van der Waals surface area contributed by atoms with E-state index in [1.54, 1.807) is 0 Å². The van der Waals surface area contributed by atoms with Crippen molar-refractivity contribution in [2.45, 2.75) is 38.2 Å². The largest absolute Gasteiger partial charge is 0.388 e. The molecule has 0 unspecified atom stereocenters. The smallest absolute Gasteiger partial charge is 0.0818 e. The molecule has 1 aromatic rings. The van der Waals surface area contributed by atoms with E-state index in [9.17, 15) is 5.11 Å². The molecule has 0 bridgehead atoms. The summed E-state index contributed by atoms with van der Waals surface area (Å²) in [6.07, 6.45) is 5.96. The van der Waals surface area contributed by atoms with Crippen LogP contribution < -0.4 is 0 Å². The molecule has 1 atom stereocenters. The molecular formula is C13H17BrO. The van der Waals surface area contributed by atoms with Crippen molar-refractivity contribution in [2.75, 3.05) is 0 Å². The Kier molecular flexibility index (Phi) is 3.81. The molecule has 1 fully saturated rings. The Labute approximate surface area is 99.6 Å². The van der Waals surface area contributed by atoms with E-state index in [0.717, 1.165) is 10.0 Å². The molecule has 0 radical (unpaired) electrons.